The molecule has 0 aliphatic carbocycles. The first kappa shape index (κ1) is 12.3. The average molecular weight is 232 g/mol. The minimum Gasteiger partial charge on any atom is -0.403 e. The molecule has 82 valence electrons. The van der Waals surface area contributed by atoms with E-state index in [4.69, 9.17) is 4.43 Å². The molecule has 1 aliphatic heterocycles. The Balaban J connectivity index is 2.71. The van der Waals surface area contributed by atoms with Crippen LogP contribution in [-0.4, -0.2) is 31.7 Å². The molecule has 0 aromatic heterocycles. The molecule has 0 N–H and O–H groups in total. The van der Waals surface area contributed by atoms with Crippen LogP contribution in [-0.2, 0) is 9.22 Å². The third-order valence-corrected chi connectivity index (χ3v) is 9.09. The van der Waals surface area contributed by atoms with E-state index in [-0.39, 0.29) is 5.04 Å². The fourth-order valence-corrected chi connectivity index (χ4v) is 3.70. The SMILES string of the molecule is CC(C)(C)[Si](C)(C)OC1(C=O)CSC1. The smallest absolute Gasteiger partial charge is 0.193 e. The zero-order valence-electron chi connectivity index (χ0n) is 9.72. The Morgan fingerprint density at radius 3 is 2.07 bits per heavy atom. The summed E-state index contributed by atoms with van der Waals surface area (Å²) in [6.07, 6.45) is 1.00. The highest BCUT2D eigenvalue weighted by Gasteiger charge is 2.48. The van der Waals surface area contributed by atoms with Crippen LogP contribution in [0.5, 0.6) is 0 Å². The van der Waals surface area contributed by atoms with Crippen molar-refractivity contribution in [3.8, 4) is 0 Å². The predicted octanol–water partition coefficient (Wildman–Crippen LogP) is 2.69. The van der Waals surface area contributed by atoms with Crippen molar-refractivity contribution in [2.75, 3.05) is 11.5 Å². The summed E-state index contributed by atoms with van der Waals surface area (Å²) in [7, 11) is -1.78. The van der Waals surface area contributed by atoms with Crippen LogP contribution < -0.4 is 0 Å². The van der Waals surface area contributed by atoms with Gasteiger partial charge >= 0.3 is 0 Å². The summed E-state index contributed by atoms with van der Waals surface area (Å²) in [5.41, 5.74) is -0.451. The van der Waals surface area contributed by atoms with Crippen LogP contribution in [0, 0.1) is 0 Å². The van der Waals surface area contributed by atoms with Gasteiger partial charge in [-0.1, -0.05) is 20.8 Å². The highest BCUT2D eigenvalue weighted by atomic mass is 32.2. The Bertz CT molecular complexity index is 229. The second kappa shape index (κ2) is 3.65. The number of hydrogen-bond acceptors (Lipinski definition) is 3. The third kappa shape index (κ3) is 2.23. The van der Waals surface area contributed by atoms with Gasteiger partial charge in [0.15, 0.2) is 14.6 Å². The van der Waals surface area contributed by atoms with Gasteiger partial charge in [-0.25, -0.2) is 0 Å². The van der Waals surface area contributed by atoms with Crippen LogP contribution in [0.3, 0.4) is 0 Å². The lowest BCUT2D eigenvalue weighted by Crippen LogP contribution is -2.57. The Morgan fingerprint density at radius 2 is 1.86 bits per heavy atom. The summed E-state index contributed by atoms with van der Waals surface area (Å²) < 4.78 is 6.12. The zero-order valence-corrected chi connectivity index (χ0v) is 11.5. The predicted molar refractivity (Wildman–Crippen MR) is 64.4 cm³/mol. The van der Waals surface area contributed by atoms with Gasteiger partial charge in [-0.05, 0) is 18.1 Å². The van der Waals surface area contributed by atoms with Crippen molar-refractivity contribution in [3.63, 3.8) is 0 Å². The fraction of sp³-hybridized carbons (Fsp3) is 0.900. The second-order valence-corrected chi connectivity index (χ2v) is 11.2. The van der Waals surface area contributed by atoms with E-state index < -0.39 is 13.9 Å². The van der Waals surface area contributed by atoms with Gasteiger partial charge in [0.2, 0.25) is 0 Å². The van der Waals surface area contributed by atoms with Gasteiger partial charge in [0.05, 0.1) is 0 Å². The molecule has 0 spiro atoms. The molecule has 2 nitrogen and oxygen atoms in total. The van der Waals surface area contributed by atoms with Crippen LogP contribution in [0.15, 0.2) is 0 Å². The number of hydrogen-bond donors (Lipinski definition) is 0. The van der Waals surface area contributed by atoms with Crippen molar-refractivity contribution >= 4 is 26.4 Å². The van der Waals surface area contributed by atoms with E-state index in [9.17, 15) is 4.79 Å². The van der Waals surface area contributed by atoms with E-state index in [0.29, 0.717) is 0 Å². The van der Waals surface area contributed by atoms with E-state index >= 15 is 0 Å². The quantitative estimate of drug-likeness (QED) is 0.553. The topological polar surface area (TPSA) is 26.3 Å². The van der Waals surface area contributed by atoms with E-state index in [1.807, 2.05) is 0 Å². The lowest BCUT2D eigenvalue weighted by Gasteiger charge is -2.46. The second-order valence-electron chi connectivity index (χ2n) is 5.54. The third-order valence-electron chi connectivity index (χ3n) is 3.17. The van der Waals surface area contributed by atoms with Crippen molar-refractivity contribution in [2.45, 2.75) is 44.5 Å². The van der Waals surface area contributed by atoms with Gasteiger partial charge in [-0.2, -0.15) is 11.8 Å². The molecule has 14 heavy (non-hydrogen) atoms. The van der Waals surface area contributed by atoms with Crippen molar-refractivity contribution < 1.29 is 9.22 Å². The maximum Gasteiger partial charge on any atom is 0.193 e. The molecular weight excluding hydrogens is 212 g/mol. The highest BCUT2D eigenvalue weighted by Crippen LogP contribution is 2.42. The van der Waals surface area contributed by atoms with Crippen molar-refractivity contribution in [1.29, 1.82) is 0 Å². The van der Waals surface area contributed by atoms with Crippen molar-refractivity contribution in [2.24, 2.45) is 0 Å². The van der Waals surface area contributed by atoms with Gasteiger partial charge < -0.3 is 9.22 Å². The first-order chi connectivity index (χ1) is 6.22. The summed E-state index contributed by atoms with van der Waals surface area (Å²) in [6, 6.07) is 0. The Kier molecular flexibility index (Phi) is 3.20. The Labute approximate surface area is 91.9 Å². The minimum atomic E-state index is -1.78. The molecule has 0 atom stereocenters. The maximum absolute atomic E-state index is 11.0. The molecule has 0 unspecified atom stereocenters. The molecule has 0 radical (unpaired) electrons. The largest absolute Gasteiger partial charge is 0.403 e. The molecule has 1 aliphatic rings. The summed E-state index contributed by atoms with van der Waals surface area (Å²) in [6.45, 7) is 11.0. The van der Waals surface area contributed by atoms with Crippen LogP contribution in [0.1, 0.15) is 20.8 Å². The number of carbonyl (C=O) groups excluding carboxylic acids is 1. The van der Waals surface area contributed by atoms with Gasteiger partial charge in [0, 0.05) is 11.5 Å². The molecule has 1 saturated heterocycles. The van der Waals surface area contributed by atoms with E-state index in [1.54, 1.807) is 11.8 Å². The molecule has 4 heteroatoms. The molecule has 1 fully saturated rings. The molecule has 0 aromatic rings. The van der Waals surface area contributed by atoms with Crippen molar-refractivity contribution in [3.05, 3.63) is 0 Å². The highest BCUT2D eigenvalue weighted by molar-refractivity contribution is 8.01. The van der Waals surface area contributed by atoms with Gasteiger partial charge in [0.25, 0.3) is 0 Å². The summed E-state index contributed by atoms with van der Waals surface area (Å²) in [5, 5.41) is 0.184. The summed E-state index contributed by atoms with van der Waals surface area (Å²) in [5.74, 6) is 1.67. The molecule has 1 rings (SSSR count). The number of thioether (sulfide) groups is 1. The van der Waals surface area contributed by atoms with Gasteiger partial charge in [0.1, 0.15) is 5.60 Å². The molecule has 0 bridgehead atoms. The molecule has 0 aromatic carbocycles. The fourth-order valence-electron chi connectivity index (χ4n) is 1.12. The van der Waals surface area contributed by atoms with Crippen LogP contribution in [0.4, 0.5) is 0 Å². The summed E-state index contributed by atoms with van der Waals surface area (Å²) in [4.78, 5) is 11.0. The van der Waals surface area contributed by atoms with Gasteiger partial charge in [-0.15, -0.1) is 0 Å². The molecular formula is C10H20O2SSi. The summed E-state index contributed by atoms with van der Waals surface area (Å²) >= 11 is 1.79. The lowest BCUT2D eigenvalue weighted by atomic mass is 10.1. The maximum atomic E-state index is 11.0. The van der Waals surface area contributed by atoms with Crippen LogP contribution in [0.2, 0.25) is 18.1 Å². The Morgan fingerprint density at radius 1 is 1.36 bits per heavy atom. The zero-order chi connectivity index (χ0) is 11.0. The van der Waals surface area contributed by atoms with E-state index in [2.05, 4.69) is 33.9 Å². The molecule has 0 saturated carbocycles. The standard InChI is InChI=1S/C10H20O2SSi/c1-9(2,3)14(4,5)12-10(6-11)7-13-8-10/h6H,7-8H2,1-5H3. The molecule has 0 amide bonds. The monoisotopic (exact) mass is 232 g/mol. The number of carbonyl (C=O) groups is 1. The van der Waals surface area contributed by atoms with Gasteiger partial charge in [-0.3, -0.25) is 0 Å². The van der Waals surface area contributed by atoms with E-state index in [0.717, 1.165) is 17.8 Å². The molecule has 1 heterocycles. The van der Waals surface area contributed by atoms with E-state index in [1.165, 1.54) is 0 Å². The average Bonchev–Trinajstić information content (AvgIpc) is 1.94. The number of aldehydes is 1. The minimum absolute atomic E-state index is 0.184. The normalized spacial score (nSPS) is 21.5. The van der Waals surface area contributed by atoms with Crippen LogP contribution in [0.25, 0.3) is 0 Å². The lowest BCUT2D eigenvalue weighted by molar-refractivity contribution is -0.119. The Hall–Kier alpha value is 0.197. The number of rotatable bonds is 3. The first-order valence-electron chi connectivity index (χ1n) is 4.97. The van der Waals surface area contributed by atoms with Crippen molar-refractivity contribution in [1.82, 2.24) is 0 Å². The van der Waals surface area contributed by atoms with Crippen LogP contribution >= 0.6 is 11.8 Å². The first-order valence-corrected chi connectivity index (χ1v) is 9.03.